The van der Waals surface area contributed by atoms with Crippen LogP contribution in [0.5, 0.6) is 0 Å². The highest BCUT2D eigenvalue weighted by atomic mass is 16.5. The highest BCUT2D eigenvalue weighted by Gasteiger charge is 1.99. The molecule has 0 heterocycles. The van der Waals surface area contributed by atoms with E-state index in [4.69, 9.17) is 9.84 Å². The Balaban J connectivity index is 3.51. The molecule has 5 nitrogen and oxygen atoms in total. The zero-order chi connectivity index (χ0) is 11.0. The Morgan fingerprint density at radius 1 is 1.50 bits per heavy atom. The first kappa shape index (κ1) is 12.5. The minimum atomic E-state index is -0.919. The van der Waals surface area contributed by atoms with Crippen LogP contribution in [-0.2, 0) is 9.53 Å². The fourth-order valence-corrected chi connectivity index (χ4v) is 0.726. The molecule has 0 aromatic rings. The Morgan fingerprint density at radius 3 is 2.64 bits per heavy atom. The van der Waals surface area contributed by atoms with E-state index in [1.807, 2.05) is 0 Å². The van der Waals surface area contributed by atoms with Crippen LogP contribution in [0.4, 0.5) is 4.79 Å². The molecule has 0 aromatic heterocycles. The maximum Gasteiger partial charge on any atom is 0.406 e. The summed E-state index contributed by atoms with van der Waals surface area (Å²) in [5.41, 5.74) is 0.310. The van der Waals surface area contributed by atoms with Crippen LogP contribution in [0.25, 0.3) is 0 Å². The van der Waals surface area contributed by atoms with Gasteiger partial charge in [0.15, 0.2) is 0 Å². The van der Waals surface area contributed by atoms with Gasteiger partial charge in [-0.2, -0.15) is 0 Å². The third kappa shape index (κ3) is 6.05. The molecule has 0 atom stereocenters. The summed E-state index contributed by atoms with van der Waals surface area (Å²) in [4.78, 5) is 20.9. The number of amides is 1. The van der Waals surface area contributed by atoms with E-state index in [0.29, 0.717) is 25.0 Å². The molecule has 0 spiro atoms. The lowest BCUT2D eigenvalue weighted by atomic mass is 10.2. The van der Waals surface area contributed by atoms with Gasteiger partial charge in [-0.3, -0.25) is 0 Å². The molecule has 0 rings (SSSR count). The van der Waals surface area contributed by atoms with Crippen LogP contribution in [0.15, 0.2) is 11.6 Å². The zero-order valence-electron chi connectivity index (χ0n) is 8.37. The highest BCUT2D eigenvalue weighted by Crippen LogP contribution is 1.98. The molecule has 0 radical (unpaired) electrons. The van der Waals surface area contributed by atoms with Gasteiger partial charge in [0.05, 0.1) is 6.61 Å². The van der Waals surface area contributed by atoms with Crippen molar-refractivity contribution < 1.29 is 19.4 Å². The third-order valence-electron chi connectivity index (χ3n) is 1.57. The Morgan fingerprint density at radius 2 is 2.14 bits per heavy atom. The molecule has 2 N–H and O–H groups in total. The van der Waals surface area contributed by atoms with E-state index in [0.717, 1.165) is 0 Å². The normalized spacial score (nSPS) is 10.9. The fourth-order valence-electron chi connectivity index (χ4n) is 0.726. The first-order chi connectivity index (χ1) is 6.57. The van der Waals surface area contributed by atoms with E-state index < -0.39 is 12.1 Å². The molecule has 0 saturated carbocycles. The van der Waals surface area contributed by atoms with E-state index in [9.17, 15) is 9.59 Å². The van der Waals surface area contributed by atoms with Crippen LogP contribution in [-0.4, -0.2) is 30.8 Å². The predicted molar refractivity (Wildman–Crippen MR) is 51.0 cm³/mol. The lowest BCUT2D eigenvalue weighted by Crippen LogP contribution is -2.19. The lowest BCUT2D eigenvalue weighted by Gasteiger charge is -2.01. The van der Waals surface area contributed by atoms with Crippen molar-refractivity contribution >= 4 is 12.1 Å². The fraction of sp³-hybridized carbons (Fsp3) is 0.556. The van der Waals surface area contributed by atoms with Gasteiger partial charge in [0.25, 0.3) is 0 Å². The standard InChI is InChI=1S/C9H15NO4/c1-7(8(11)12)5-3-4-6-14-9(13)10-2/h5H,3-4,6H2,1-2H3,(H,10,13)(H,11,12). The number of nitrogens with one attached hydrogen (secondary N) is 1. The number of carbonyl (C=O) groups is 2. The SMILES string of the molecule is CNC(=O)OCCCC=C(C)C(=O)O. The summed E-state index contributed by atoms with van der Waals surface area (Å²) >= 11 is 0. The Kier molecular flexibility index (Phi) is 6.19. The quantitative estimate of drug-likeness (QED) is 0.517. The monoisotopic (exact) mass is 201 g/mol. The molecule has 0 fully saturated rings. The number of unbranched alkanes of at least 4 members (excludes halogenated alkanes) is 1. The number of alkyl carbamates (subject to hydrolysis) is 1. The van der Waals surface area contributed by atoms with Gasteiger partial charge in [0, 0.05) is 12.6 Å². The van der Waals surface area contributed by atoms with Crippen LogP contribution >= 0.6 is 0 Å². The Labute approximate surface area is 82.7 Å². The molecule has 0 aliphatic rings. The summed E-state index contributed by atoms with van der Waals surface area (Å²) in [7, 11) is 1.48. The molecule has 0 saturated heterocycles. The summed E-state index contributed by atoms with van der Waals surface area (Å²) in [6.07, 6.45) is 2.35. The van der Waals surface area contributed by atoms with Gasteiger partial charge in [-0.15, -0.1) is 0 Å². The van der Waals surface area contributed by atoms with Crippen molar-refractivity contribution in [3.63, 3.8) is 0 Å². The molecular weight excluding hydrogens is 186 g/mol. The minimum absolute atomic E-state index is 0.295. The lowest BCUT2D eigenvalue weighted by molar-refractivity contribution is -0.132. The number of ether oxygens (including phenoxy) is 1. The van der Waals surface area contributed by atoms with Crippen LogP contribution in [0.1, 0.15) is 19.8 Å². The van der Waals surface area contributed by atoms with Crippen LogP contribution in [0, 0.1) is 0 Å². The zero-order valence-corrected chi connectivity index (χ0v) is 8.37. The summed E-state index contributed by atoms with van der Waals surface area (Å²) in [5, 5.41) is 10.8. The summed E-state index contributed by atoms with van der Waals surface area (Å²) in [6, 6.07) is 0. The number of carboxylic acids is 1. The number of carbonyl (C=O) groups excluding carboxylic acids is 1. The second-order valence-corrected chi connectivity index (χ2v) is 2.72. The van der Waals surface area contributed by atoms with E-state index in [2.05, 4.69) is 5.32 Å². The van der Waals surface area contributed by atoms with Crippen molar-refractivity contribution in [1.82, 2.24) is 5.32 Å². The topological polar surface area (TPSA) is 75.6 Å². The molecule has 1 amide bonds. The van der Waals surface area contributed by atoms with Gasteiger partial charge in [-0.05, 0) is 19.8 Å². The van der Waals surface area contributed by atoms with Gasteiger partial charge in [-0.25, -0.2) is 9.59 Å². The second kappa shape index (κ2) is 6.94. The van der Waals surface area contributed by atoms with Gasteiger partial charge in [-0.1, -0.05) is 6.08 Å². The van der Waals surface area contributed by atoms with Gasteiger partial charge >= 0.3 is 12.1 Å². The Bertz CT molecular complexity index is 235. The molecule has 0 aliphatic heterocycles. The van der Waals surface area contributed by atoms with Crippen molar-refractivity contribution in [3.8, 4) is 0 Å². The molecule has 80 valence electrons. The summed E-state index contributed by atoms with van der Waals surface area (Å²) in [5.74, 6) is -0.919. The van der Waals surface area contributed by atoms with E-state index >= 15 is 0 Å². The summed E-state index contributed by atoms with van der Waals surface area (Å²) < 4.78 is 4.71. The molecular formula is C9H15NO4. The first-order valence-electron chi connectivity index (χ1n) is 4.32. The molecule has 0 aliphatic carbocycles. The van der Waals surface area contributed by atoms with Crippen molar-refractivity contribution in [2.45, 2.75) is 19.8 Å². The number of hydrogen-bond acceptors (Lipinski definition) is 3. The van der Waals surface area contributed by atoms with Gasteiger partial charge < -0.3 is 15.2 Å². The van der Waals surface area contributed by atoms with Crippen molar-refractivity contribution in [3.05, 3.63) is 11.6 Å². The second-order valence-electron chi connectivity index (χ2n) is 2.72. The third-order valence-corrected chi connectivity index (χ3v) is 1.57. The molecule has 14 heavy (non-hydrogen) atoms. The van der Waals surface area contributed by atoms with Crippen molar-refractivity contribution in [1.29, 1.82) is 0 Å². The van der Waals surface area contributed by atoms with E-state index in [-0.39, 0.29) is 0 Å². The van der Waals surface area contributed by atoms with Gasteiger partial charge in [0.2, 0.25) is 0 Å². The maximum atomic E-state index is 10.6. The smallest absolute Gasteiger partial charge is 0.406 e. The van der Waals surface area contributed by atoms with Crippen molar-refractivity contribution in [2.75, 3.05) is 13.7 Å². The first-order valence-corrected chi connectivity index (χ1v) is 4.32. The average Bonchev–Trinajstić information content (AvgIpc) is 2.16. The van der Waals surface area contributed by atoms with E-state index in [1.165, 1.54) is 14.0 Å². The number of hydrogen-bond donors (Lipinski definition) is 2. The Hall–Kier alpha value is -1.52. The molecule has 0 bridgehead atoms. The molecule has 0 aromatic carbocycles. The number of allylic oxidation sites excluding steroid dienone is 1. The van der Waals surface area contributed by atoms with Crippen LogP contribution in [0.3, 0.4) is 0 Å². The highest BCUT2D eigenvalue weighted by molar-refractivity contribution is 5.85. The van der Waals surface area contributed by atoms with Gasteiger partial charge in [0.1, 0.15) is 0 Å². The van der Waals surface area contributed by atoms with Crippen LogP contribution < -0.4 is 5.32 Å². The van der Waals surface area contributed by atoms with E-state index in [1.54, 1.807) is 6.08 Å². The summed E-state index contributed by atoms with van der Waals surface area (Å²) in [6.45, 7) is 1.82. The number of rotatable bonds is 5. The number of carboxylic acid groups (broad SMARTS) is 1. The predicted octanol–water partition coefficient (Wildman–Crippen LogP) is 1.15. The molecule has 5 heteroatoms. The number of aliphatic carboxylic acids is 1. The van der Waals surface area contributed by atoms with Crippen LogP contribution in [0.2, 0.25) is 0 Å². The van der Waals surface area contributed by atoms with Crippen molar-refractivity contribution in [2.24, 2.45) is 0 Å². The maximum absolute atomic E-state index is 10.6. The minimum Gasteiger partial charge on any atom is -0.478 e. The average molecular weight is 201 g/mol. The largest absolute Gasteiger partial charge is 0.478 e. The molecule has 0 unspecified atom stereocenters.